The molecule has 0 aliphatic carbocycles. The summed E-state index contributed by atoms with van der Waals surface area (Å²) in [6.45, 7) is 5.01. The van der Waals surface area contributed by atoms with E-state index in [0.717, 1.165) is 0 Å². The molecule has 1 saturated heterocycles. The molecule has 1 aliphatic rings. The van der Waals surface area contributed by atoms with Gasteiger partial charge in [0, 0.05) is 19.5 Å². The highest BCUT2D eigenvalue weighted by molar-refractivity contribution is 5.76. The van der Waals surface area contributed by atoms with E-state index in [1.807, 2.05) is 18.7 Å². The molecule has 0 aromatic carbocycles. The number of hydrogen-bond donors (Lipinski definition) is 2. The number of rotatable bonds is 5. The number of ether oxygens (including phenoxy) is 1. The average molecular weight is 258 g/mol. The van der Waals surface area contributed by atoms with Crippen LogP contribution in [0.1, 0.15) is 20.3 Å². The topological polar surface area (TPSA) is 101 Å². The molecule has 1 aliphatic heterocycles. The Kier molecular flexibility index (Phi) is 5.49. The van der Waals surface area contributed by atoms with Crippen molar-refractivity contribution in [3.63, 3.8) is 0 Å². The van der Waals surface area contributed by atoms with Gasteiger partial charge in [-0.3, -0.25) is 9.69 Å². The van der Waals surface area contributed by atoms with Crippen LogP contribution in [0.2, 0.25) is 0 Å². The number of nitrogens with two attached hydrogens (primary N) is 1. The zero-order valence-corrected chi connectivity index (χ0v) is 11.1. The predicted octanol–water partition coefficient (Wildman–Crippen LogP) is -0.0549. The van der Waals surface area contributed by atoms with Crippen molar-refractivity contribution in [3.8, 4) is 0 Å². The zero-order valence-electron chi connectivity index (χ0n) is 11.1. The van der Waals surface area contributed by atoms with Crippen LogP contribution in [-0.2, 0) is 9.53 Å². The van der Waals surface area contributed by atoms with Crippen molar-refractivity contribution < 1.29 is 14.6 Å². The minimum atomic E-state index is -0.503. The minimum absolute atomic E-state index is 0.0903. The second-order valence-corrected chi connectivity index (χ2v) is 4.92. The Morgan fingerprint density at radius 3 is 2.78 bits per heavy atom. The molecule has 0 unspecified atom stereocenters. The number of aliphatic hydroxyl groups excluding tert-OH is 1. The van der Waals surface area contributed by atoms with Gasteiger partial charge in [-0.05, 0) is 5.92 Å². The molecule has 0 saturated carbocycles. The Labute approximate surface area is 107 Å². The number of nitrogens with zero attached hydrogens (tertiary/aromatic N) is 3. The first kappa shape index (κ1) is 14.8. The van der Waals surface area contributed by atoms with Crippen molar-refractivity contribution in [1.82, 2.24) is 4.90 Å². The predicted molar refractivity (Wildman–Crippen MR) is 65.7 cm³/mol. The highest BCUT2D eigenvalue weighted by Crippen LogP contribution is 2.21. The summed E-state index contributed by atoms with van der Waals surface area (Å²) in [7, 11) is 1.35. The summed E-state index contributed by atoms with van der Waals surface area (Å²) in [6.07, 6.45) is -0.103. The van der Waals surface area contributed by atoms with Gasteiger partial charge in [0.1, 0.15) is 6.04 Å². The summed E-state index contributed by atoms with van der Waals surface area (Å²) in [4.78, 5) is 13.5. The van der Waals surface area contributed by atoms with E-state index < -0.39 is 12.1 Å². The molecule has 0 spiro atoms. The molecule has 0 amide bonds. The second kappa shape index (κ2) is 6.65. The second-order valence-electron chi connectivity index (χ2n) is 4.92. The van der Waals surface area contributed by atoms with E-state index in [9.17, 15) is 9.90 Å². The number of carbonyl (C=O) groups is 1. The Bertz CT molecular complexity index is 309. The van der Waals surface area contributed by atoms with Crippen LogP contribution in [0.15, 0.2) is 10.3 Å². The average Bonchev–Trinajstić information content (AvgIpc) is 2.68. The molecule has 18 heavy (non-hydrogen) atoms. The van der Waals surface area contributed by atoms with E-state index in [4.69, 9.17) is 10.6 Å². The third kappa shape index (κ3) is 3.64. The first-order valence-electron chi connectivity index (χ1n) is 6.09. The van der Waals surface area contributed by atoms with Crippen LogP contribution >= 0.6 is 0 Å². The normalized spacial score (nSPS) is 26.9. The van der Waals surface area contributed by atoms with E-state index in [1.165, 1.54) is 7.11 Å². The molecule has 0 aromatic heterocycles. The quantitative estimate of drug-likeness (QED) is 0.311. The van der Waals surface area contributed by atoms with Gasteiger partial charge in [-0.15, -0.1) is 0 Å². The van der Waals surface area contributed by atoms with Crippen molar-refractivity contribution >= 4 is 5.97 Å². The smallest absolute Gasteiger partial charge is 0.323 e. The van der Waals surface area contributed by atoms with Gasteiger partial charge in [-0.2, -0.15) is 5.11 Å². The van der Waals surface area contributed by atoms with Crippen LogP contribution in [0.3, 0.4) is 0 Å². The monoisotopic (exact) mass is 258 g/mol. The third-order valence-electron chi connectivity index (χ3n) is 3.26. The lowest BCUT2D eigenvalue weighted by Crippen LogP contribution is -2.42. The van der Waals surface area contributed by atoms with Crippen molar-refractivity contribution in [2.75, 3.05) is 20.2 Å². The number of methoxy groups -OCH3 is 1. The van der Waals surface area contributed by atoms with Gasteiger partial charge in [0.05, 0.1) is 19.3 Å². The van der Waals surface area contributed by atoms with E-state index >= 15 is 0 Å². The number of hydrogen-bond acceptors (Lipinski definition) is 6. The first-order valence-corrected chi connectivity index (χ1v) is 6.09. The molecule has 104 valence electrons. The van der Waals surface area contributed by atoms with E-state index in [-0.39, 0.29) is 17.9 Å². The largest absolute Gasteiger partial charge is 0.468 e. The maximum absolute atomic E-state index is 11.6. The summed E-state index contributed by atoms with van der Waals surface area (Å²) in [6, 6.07) is -0.494. The first-order chi connectivity index (χ1) is 8.49. The lowest BCUT2D eigenvalue weighted by molar-refractivity contribution is -0.146. The summed E-state index contributed by atoms with van der Waals surface area (Å²) < 4.78 is 4.74. The van der Waals surface area contributed by atoms with Gasteiger partial charge in [-0.25, -0.2) is 0 Å². The fourth-order valence-electron chi connectivity index (χ4n) is 2.17. The molecule has 1 rings (SSSR count). The highest BCUT2D eigenvalue weighted by Gasteiger charge is 2.38. The van der Waals surface area contributed by atoms with E-state index in [1.54, 1.807) is 0 Å². The van der Waals surface area contributed by atoms with Crippen molar-refractivity contribution in [1.29, 1.82) is 0 Å². The molecule has 1 heterocycles. The molecule has 1 fully saturated rings. The van der Waals surface area contributed by atoms with Gasteiger partial charge in [0.15, 0.2) is 0 Å². The van der Waals surface area contributed by atoms with Crippen molar-refractivity contribution in [3.05, 3.63) is 0 Å². The van der Waals surface area contributed by atoms with Crippen LogP contribution in [0, 0.1) is 5.92 Å². The van der Waals surface area contributed by atoms with E-state index in [2.05, 4.69) is 10.3 Å². The fourth-order valence-corrected chi connectivity index (χ4v) is 2.17. The summed E-state index contributed by atoms with van der Waals surface area (Å²) in [5.41, 5.74) is 0. The maximum atomic E-state index is 11.6. The molecule has 0 radical (unpaired) electrons. The van der Waals surface area contributed by atoms with Crippen LogP contribution in [-0.4, -0.2) is 54.4 Å². The minimum Gasteiger partial charge on any atom is -0.468 e. The van der Waals surface area contributed by atoms with Gasteiger partial charge in [-0.1, -0.05) is 19.1 Å². The standard InChI is InChI=1S/C11H22N4O3/c1-7(2)9(13-14-12)6-15-5-8(16)4-10(15)11(17)18-3/h7-10,16H,4-6H2,1-3H3,(H2,12,13)/t8-,9-,10+/m1/s1. The van der Waals surface area contributed by atoms with Crippen LogP contribution < -0.4 is 5.84 Å². The highest BCUT2D eigenvalue weighted by atomic mass is 16.5. The van der Waals surface area contributed by atoms with Crippen LogP contribution in [0.25, 0.3) is 0 Å². The van der Waals surface area contributed by atoms with Crippen LogP contribution in [0.5, 0.6) is 0 Å². The molecule has 7 heteroatoms. The summed E-state index contributed by atoms with van der Waals surface area (Å²) in [5.74, 6) is 5.03. The third-order valence-corrected chi connectivity index (χ3v) is 3.26. The Hall–Kier alpha value is -1.21. The number of aliphatic hydroxyl groups is 1. The Morgan fingerprint density at radius 2 is 2.28 bits per heavy atom. The number of esters is 1. The number of carbonyl (C=O) groups excluding carboxylic acids is 1. The molecule has 0 bridgehead atoms. The molecular weight excluding hydrogens is 236 g/mol. The van der Waals surface area contributed by atoms with Crippen LogP contribution in [0.4, 0.5) is 0 Å². The number of β-amino-alcohol motifs (C(OH)–C–C–N with tert-alkyl or cyclic N) is 1. The Balaban J connectivity index is 2.70. The van der Waals surface area contributed by atoms with Gasteiger partial charge < -0.3 is 15.7 Å². The van der Waals surface area contributed by atoms with Crippen molar-refractivity contribution in [2.24, 2.45) is 22.1 Å². The lowest BCUT2D eigenvalue weighted by atomic mass is 10.0. The molecule has 0 aromatic rings. The summed E-state index contributed by atoms with van der Waals surface area (Å²) in [5, 5.41) is 17.0. The molecule has 3 atom stereocenters. The zero-order chi connectivity index (χ0) is 13.7. The molecule has 3 N–H and O–H groups in total. The fraction of sp³-hybridized carbons (Fsp3) is 0.909. The van der Waals surface area contributed by atoms with Crippen molar-refractivity contribution in [2.45, 2.75) is 38.5 Å². The van der Waals surface area contributed by atoms with Gasteiger partial charge in [0.2, 0.25) is 0 Å². The molecule has 7 nitrogen and oxygen atoms in total. The SMILES string of the molecule is COC(=O)[C@@H]1C[C@@H](O)CN1C[C@@H](N=NN)C(C)C. The summed E-state index contributed by atoms with van der Waals surface area (Å²) >= 11 is 0. The van der Waals surface area contributed by atoms with E-state index in [0.29, 0.717) is 19.5 Å². The maximum Gasteiger partial charge on any atom is 0.323 e. The lowest BCUT2D eigenvalue weighted by Gasteiger charge is -2.26. The Morgan fingerprint density at radius 1 is 1.61 bits per heavy atom. The number of likely N-dealkylation sites (tertiary alicyclic amines) is 1. The van der Waals surface area contributed by atoms with Gasteiger partial charge >= 0.3 is 5.97 Å². The van der Waals surface area contributed by atoms with Gasteiger partial charge in [0.25, 0.3) is 0 Å². The molecular formula is C11H22N4O3.